The second kappa shape index (κ2) is 6.93. The van der Waals surface area contributed by atoms with Gasteiger partial charge in [-0.1, -0.05) is 39.5 Å². The molecular weight excluding hydrogens is 188 g/mol. The van der Waals surface area contributed by atoms with Gasteiger partial charge in [-0.2, -0.15) is 0 Å². The number of rotatable bonds is 7. The van der Waals surface area contributed by atoms with Crippen LogP contribution in [-0.4, -0.2) is 14.7 Å². The van der Waals surface area contributed by atoms with Crippen LogP contribution in [0.4, 0.5) is 0 Å². The lowest BCUT2D eigenvalue weighted by atomic mass is 10.4. The fraction of sp³-hybridized carbons (Fsp3) is 1.00. The van der Waals surface area contributed by atoms with Gasteiger partial charge in [0.1, 0.15) is 0 Å². The molecule has 0 saturated heterocycles. The van der Waals surface area contributed by atoms with E-state index in [0.29, 0.717) is 0 Å². The first kappa shape index (κ1) is 12.5. The highest BCUT2D eigenvalue weighted by Gasteiger charge is 2.29. The molecule has 0 aliphatic carbocycles. The lowest BCUT2D eigenvalue weighted by Gasteiger charge is -2.21. The highest BCUT2D eigenvalue weighted by Crippen LogP contribution is 2.26. The summed E-state index contributed by atoms with van der Waals surface area (Å²) in [6, 6.07) is 2.23. The average Bonchev–Trinajstić information content (AvgIpc) is 2.11. The molecule has 0 bridgehead atoms. The van der Waals surface area contributed by atoms with Gasteiger partial charge in [0.25, 0.3) is 7.63 Å². The number of halogens is 1. The Labute approximate surface area is 82.3 Å². The summed E-state index contributed by atoms with van der Waals surface area (Å²) in [5, 5.41) is 0. The topological polar surface area (TPSA) is 9.23 Å². The van der Waals surface area contributed by atoms with Crippen LogP contribution >= 0.6 is 11.1 Å². The molecule has 0 spiro atoms. The van der Waals surface area contributed by atoms with Crippen LogP contribution < -0.4 is 0 Å². The van der Waals surface area contributed by atoms with Crippen LogP contribution in [0.15, 0.2) is 0 Å². The van der Waals surface area contributed by atoms with Crippen molar-refractivity contribution in [1.82, 2.24) is 0 Å². The maximum Gasteiger partial charge on any atom is 0.289 e. The van der Waals surface area contributed by atoms with Gasteiger partial charge in [-0.25, -0.2) is 0 Å². The Balaban J connectivity index is 3.70. The summed E-state index contributed by atoms with van der Waals surface area (Å²) in [5.41, 5.74) is 0. The Morgan fingerprint density at radius 2 is 1.50 bits per heavy atom. The standard InChI is InChI=1S/C9H21ClOSi/c1-4-6-8-12(10,11-3)9-7-5-2/h4-9H2,1-3H3. The van der Waals surface area contributed by atoms with Crippen LogP contribution in [0, 0.1) is 0 Å². The van der Waals surface area contributed by atoms with Crippen molar-refractivity contribution < 1.29 is 4.43 Å². The van der Waals surface area contributed by atoms with E-state index in [2.05, 4.69) is 13.8 Å². The van der Waals surface area contributed by atoms with Gasteiger partial charge < -0.3 is 4.43 Å². The first-order chi connectivity index (χ1) is 5.68. The Bertz CT molecular complexity index is 101. The third kappa shape index (κ3) is 5.17. The smallest absolute Gasteiger partial charge is 0.289 e. The molecular formula is C9H21ClOSi. The second-order valence-electron chi connectivity index (χ2n) is 3.29. The van der Waals surface area contributed by atoms with E-state index in [1.54, 1.807) is 7.11 Å². The third-order valence-electron chi connectivity index (χ3n) is 2.17. The molecule has 74 valence electrons. The van der Waals surface area contributed by atoms with Gasteiger partial charge >= 0.3 is 0 Å². The Morgan fingerprint density at radius 1 is 1.08 bits per heavy atom. The maximum atomic E-state index is 6.40. The second-order valence-corrected chi connectivity index (χ2v) is 8.54. The summed E-state index contributed by atoms with van der Waals surface area (Å²) < 4.78 is 5.45. The molecule has 0 radical (unpaired) electrons. The summed E-state index contributed by atoms with van der Waals surface area (Å²) in [6.07, 6.45) is 4.87. The van der Waals surface area contributed by atoms with E-state index in [9.17, 15) is 0 Å². The number of hydrogen-bond donors (Lipinski definition) is 0. The molecule has 0 aliphatic heterocycles. The van der Waals surface area contributed by atoms with Crippen molar-refractivity contribution in [3.05, 3.63) is 0 Å². The molecule has 0 amide bonds. The Hall–Kier alpha value is 0.467. The van der Waals surface area contributed by atoms with Gasteiger partial charge in [0.05, 0.1) is 0 Å². The summed E-state index contributed by atoms with van der Waals surface area (Å²) in [7, 11) is -0.0247. The average molecular weight is 209 g/mol. The van der Waals surface area contributed by atoms with Gasteiger partial charge in [-0.15, -0.1) is 11.1 Å². The van der Waals surface area contributed by atoms with Crippen molar-refractivity contribution in [3.63, 3.8) is 0 Å². The van der Waals surface area contributed by atoms with Crippen LogP contribution in [0.2, 0.25) is 12.1 Å². The highest BCUT2D eigenvalue weighted by atomic mass is 35.6. The monoisotopic (exact) mass is 208 g/mol. The predicted octanol–water partition coefficient (Wildman–Crippen LogP) is 3.91. The fourth-order valence-corrected chi connectivity index (χ4v) is 4.43. The van der Waals surface area contributed by atoms with E-state index in [1.807, 2.05) is 0 Å². The summed E-state index contributed by atoms with van der Waals surface area (Å²) in [4.78, 5) is 0. The minimum Gasteiger partial charge on any atom is -0.406 e. The van der Waals surface area contributed by atoms with Gasteiger partial charge in [0, 0.05) is 7.11 Å². The molecule has 3 heteroatoms. The molecule has 0 aromatic carbocycles. The minimum atomic E-state index is -1.79. The largest absolute Gasteiger partial charge is 0.406 e. The summed E-state index contributed by atoms with van der Waals surface area (Å²) >= 11 is 6.40. The summed E-state index contributed by atoms with van der Waals surface area (Å²) in [6.45, 7) is 4.39. The molecule has 1 nitrogen and oxygen atoms in total. The van der Waals surface area contributed by atoms with Gasteiger partial charge in [-0.05, 0) is 12.1 Å². The van der Waals surface area contributed by atoms with E-state index in [0.717, 1.165) is 12.1 Å². The van der Waals surface area contributed by atoms with E-state index in [4.69, 9.17) is 15.5 Å². The molecule has 0 aromatic heterocycles. The van der Waals surface area contributed by atoms with Crippen molar-refractivity contribution in [2.45, 2.75) is 51.6 Å². The molecule has 0 atom stereocenters. The van der Waals surface area contributed by atoms with Crippen LogP contribution in [-0.2, 0) is 4.43 Å². The number of hydrogen-bond acceptors (Lipinski definition) is 1. The van der Waals surface area contributed by atoms with E-state index in [-0.39, 0.29) is 0 Å². The van der Waals surface area contributed by atoms with Crippen molar-refractivity contribution in [1.29, 1.82) is 0 Å². The Kier molecular flexibility index (Phi) is 7.20. The van der Waals surface area contributed by atoms with Crippen molar-refractivity contribution in [2.75, 3.05) is 7.11 Å². The molecule has 0 N–H and O–H groups in total. The highest BCUT2D eigenvalue weighted by molar-refractivity contribution is 7.16. The van der Waals surface area contributed by atoms with Crippen LogP contribution in [0.1, 0.15) is 39.5 Å². The van der Waals surface area contributed by atoms with E-state index < -0.39 is 7.63 Å². The van der Waals surface area contributed by atoms with Gasteiger partial charge in [-0.3, -0.25) is 0 Å². The minimum absolute atomic E-state index is 1.11. The van der Waals surface area contributed by atoms with Gasteiger partial charge in [0.15, 0.2) is 0 Å². The fourth-order valence-electron chi connectivity index (χ4n) is 1.21. The molecule has 0 aliphatic rings. The van der Waals surface area contributed by atoms with E-state index >= 15 is 0 Å². The van der Waals surface area contributed by atoms with E-state index in [1.165, 1.54) is 25.7 Å². The third-order valence-corrected chi connectivity index (χ3v) is 6.70. The number of unbranched alkanes of at least 4 members (excludes halogenated alkanes) is 2. The molecule has 12 heavy (non-hydrogen) atoms. The molecule has 0 heterocycles. The van der Waals surface area contributed by atoms with Crippen LogP contribution in [0.5, 0.6) is 0 Å². The first-order valence-electron chi connectivity index (χ1n) is 4.92. The molecule has 0 saturated carbocycles. The zero-order chi connectivity index (χ0) is 9.45. The maximum absolute atomic E-state index is 6.40. The molecule has 0 rings (SSSR count). The van der Waals surface area contributed by atoms with Gasteiger partial charge in [0.2, 0.25) is 0 Å². The zero-order valence-corrected chi connectivity index (χ0v) is 10.3. The van der Waals surface area contributed by atoms with Crippen LogP contribution in [0.25, 0.3) is 0 Å². The summed E-state index contributed by atoms with van der Waals surface area (Å²) in [5.74, 6) is 0. The lowest BCUT2D eigenvalue weighted by Crippen LogP contribution is -2.29. The predicted molar refractivity (Wildman–Crippen MR) is 58.0 cm³/mol. The SMILES string of the molecule is CCCC[Si](Cl)(CCCC)OC. The Morgan fingerprint density at radius 3 is 1.75 bits per heavy atom. The molecule has 0 fully saturated rings. The van der Waals surface area contributed by atoms with Crippen molar-refractivity contribution in [2.24, 2.45) is 0 Å². The quantitative estimate of drug-likeness (QED) is 0.455. The lowest BCUT2D eigenvalue weighted by molar-refractivity contribution is 0.405. The zero-order valence-electron chi connectivity index (χ0n) is 8.53. The first-order valence-corrected chi connectivity index (χ1v) is 8.26. The normalized spacial score (nSPS) is 12.0. The van der Waals surface area contributed by atoms with Crippen molar-refractivity contribution >= 4 is 18.7 Å². The van der Waals surface area contributed by atoms with Crippen molar-refractivity contribution in [3.8, 4) is 0 Å². The molecule has 0 unspecified atom stereocenters. The molecule has 0 aromatic rings. The van der Waals surface area contributed by atoms with Crippen LogP contribution in [0.3, 0.4) is 0 Å².